The monoisotopic (exact) mass is 337 g/mol. The molecule has 2 aromatic rings. The lowest BCUT2D eigenvalue weighted by atomic mass is 10.3. The number of imidazole rings is 1. The molecule has 0 radical (unpaired) electrons. The highest BCUT2D eigenvalue weighted by Gasteiger charge is 2.15. The number of aromatic nitrogens is 2. The van der Waals surface area contributed by atoms with Crippen LogP contribution in [0.4, 0.5) is 0 Å². The molecule has 0 aliphatic carbocycles. The summed E-state index contributed by atoms with van der Waals surface area (Å²) in [7, 11) is -2.05. The van der Waals surface area contributed by atoms with E-state index in [9.17, 15) is 8.42 Å². The fraction of sp³-hybridized carbons (Fsp3) is 0.438. The normalized spacial score (nSPS) is 11.9. The zero-order chi connectivity index (χ0) is 17.0. The number of rotatable bonds is 7. The molecule has 0 amide bonds. The first-order chi connectivity index (χ1) is 10.8. The Morgan fingerprint density at radius 2 is 2.09 bits per heavy atom. The van der Waals surface area contributed by atoms with Gasteiger partial charge in [0.15, 0.2) is 0 Å². The van der Waals surface area contributed by atoms with Crippen molar-refractivity contribution in [2.75, 3.05) is 13.7 Å². The van der Waals surface area contributed by atoms with E-state index in [1.165, 1.54) is 13.2 Å². The summed E-state index contributed by atoms with van der Waals surface area (Å²) in [6.07, 6.45) is 2.35. The molecule has 0 unspecified atom stereocenters. The molecule has 0 spiro atoms. The summed E-state index contributed by atoms with van der Waals surface area (Å²) in [4.78, 5) is 4.56. The van der Waals surface area contributed by atoms with Gasteiger partial charge >= 0.3 is 0 Å². The van der Waals surface area contributed by atoms with E-state index in [1.54, 1.807) is 18.2 Å². The number of nitrogens with zero attached hydrogens (tertiary/aromatic N) is 2. The van der Waals surface area contributed by atoms with Crippen LogP contribution in [0.15, 0.2) is 35.4 Å². The lowest BCUT2D eigenvalue weighted by molar-refractivity contribution is 0.413. The average Bonchev–Trinajstić information content (AvgIpc) is 2.88. The maximum atomic E-state index is 12.3. The molecular formula is C16H23N3O3S. The van der Waals surface area contributed by atoms with Crippen LogP contribution in [0.3, 0.4) is 0 Å². The molecule has 2 rings (SSSR count). The Morgan fingerprint density at radius 1 is 1.35 bits per heavy atom. The van der Waals surface area contributed by atoms with Crippen LogP contribution in [0.2, 0.25) is 0 Å². The fourth-order valence-corrected chi connectivity index (χ4v) is 3.60. The number of hydrogen-bond donors (Lipinski definition) is 1. The van der Waals surface area contributed by atoms with Crippen LogP contribution in [0.1, 0.15) is 31.4 Å². The van der Waals surface area contributed by atoms with Gasteiger partial charge in [-0.1, -0.05) is 6.07 Å². The molecule has 126 valence electrons. The van der Waals surface area contributed by atoms with Gasteiger partial charge in [0.1, 0.15) is 11.6 Å². The Hall–Kier alpha value is -1.86. The van der Waals surface area contributed by atoms with Gasteiger partial charge in [-0.2, -0.15) is 0 Å². The molecule has 6 nitrogen and oxygen atoms in total. The van der Waals surface area contributed by atoms with Crippen molar-refractivity contribution >= 4 is 10.0 Å². The van der Waals surface area contributed by atoms with Crippen molar-refractivity contribution in [1.29, 1.82) is 0 Å². The third-order valence-corrected chi connectivity index (χ3v) is 5.03. The van der Waals surface area contributed by atoms with Crippen LogP contribution in [-0.2, 0) is 16.4 Å². The number of ether oxygens (including phenoxy) is 1. The van der Waals surface area contributed by atoms with Crippen LogP contribution >= 0.6 is 0 Å². The van der Waals surface area contributed by atoms with Crippen molar-refractivity contribution in [1.82, 2.24) is 14.3 Å². The van der Waals surface area contributed by atoms with E-state index in [4.69, 9.17) is 4.74 Å². The third-order valence-electron chi connectivity index (χ3n) is 3.57. The van der Waals surface area contributed by atoms with E-state index in [0.29, 0.717) is 24.8 Å². The molecule has 1 N–H and O–H groups in total. The molecule has 23 heavy (non-hydrogen) atoms. The standard InChI is InChI=1S/C16H23N3O3S/c1-12(2)19-13(3)11-17-16(19)8-9-18-23(20,21)15-7-5-6-14(10-15)22-4/h5-7,10-12,18H,8-9H2,1-4H3. The SMILES string of the molecule is COc1cccc(S(=O)(=O)NCCc2ncc(C)n2C(C)C)c1. The summed E-state index contributed by atoms with van der Waals surface area (Å²) in [5, 5.41) is 0. The summed E-state index contributed by atoms with van der Waals surface area (Å²) < 4.78 is 34.4. The molecule has 0 saturated carbocycles. The molecule has 0 saturated heterocycles. The number of sulfonamides is 1. The van der Waals surface area contributed by atoms with Crippen LogP contribution < -0.4 is 9.46 Å². The number of aryl methyl sites for hydroxylation is 1. The first-order valence-electron chi connectivity index (χ1n) is 7.51. The van der Waals surface area contributed by atoms with Crippen LogP contribution in [0.5, 0.6) is 5.75 Å². The minimum Gasteiger partial charge on any atom is -0.497 e. The second kappa shape index (κ2) is 7.14. The molecule has 0 atom stereocenters. The summed E-state index contributed by atoms with van der Waals surface area (Å²) >= 11 is 0. The molecule has 0 bridgehead atoms. The maximum Gasteiger partial charge on any atom is 0.240 e. The topological polar surface area (TPSA) is 73.2 Å². The minimum atomic E-state index is -3.56. The zero-order valence-corrected chi connectivity index (χ0v) is 14.7. The number of nitrogens with one attached hydrogen (secondary N) is 1. The highest BCUT2D eigenvalue weighted by atomic mass is 32.2. The molecule has 1 heterocycles. The van der Waals surface area contributed by atoms with Crippen molar-refractivity contribution in [3.63, 3.8) is 0 Å². The number of methoxy groups -OCH3 is 1. The molecule has 0 aliphatic rings. The van der Waals surface area contributed by atoms with Crippen molar-refractivity contribution in [2.45, 2.75) is 38.1 Å². The Balaban J connectivity index is 2.05. The maximum absolute atomic E-state index is 12.3. The van der Waals surface area contributed by atoms with Gasteiger partial charge in [-0.25, -0.2) is 18.1 Å². The van der Waals surface area contributed by atoms with Gasteiger partial charge in [0, 0.05) is 37.0 Å². The van der Waals surface area contributed by atoms with E-state index in [-0.39, 0.29) is 4.90 Å². The van der Waals surface area contributed by atoms with Gasteiger partial charge in [0.2, 0.25) is 10.0 Å². The molecule has 1 aromatic heterocycles. The minimum absolute atomic E-state index is 0.195. The predicted octanol–water partition coefficient (Wildman–Crippen LogP) is 2.30. The van der Waals surface area contributed by atoms with Gasteiger partial charge in [0.25, 0.3) is 0 Å². The summed E-state index contributed by atoms with van der Waals surface area (Å²) in [6.45, 7) is 6.46. The van der Waals surface area contributed by atoms with Gasteiger partial charge < -0.3 is 9.30 Å². The smallest absolute Gasteiger partial charge is 0.240 e. The molecule has 0 aliphatic heterocycles. The number of hydrogen-bond acceptors (Lipinski definition) is 4. The van der Waals surface area contributed by atoms with E-state index in [1.807, 2.05) is 13.1 Å². The Bertz CT molecular complexity index is 767. The van der Waals surface area contributed by atoms with Crippen molar-refractivity contribution in [3.8, 4) is 5.75 Å². The average molecular weight is 337 g/mol. The van der Waals surface area contributed by atoms with E-state index in [2.05, 4.69) is 28.1 Å². The lowest BCUT2D eigenvalue weighted by Crippen LogP contribution is -2.27. The summed E-state index contributed by atoms with van der Waals surface area (Å²) in [5.41, 5.74) is 1.07. The van der Waals surface area contributed by atoms with E-state index >= 15 is 0 Å². The first-order valence-corrected chi connectivity index (χ1v) is 9.00. The van der Waals surface area contributed by atoms with Gasteiger partial charge in [-0.15, -0.1) is 0 Å². The lowest BCUT2D eigenvalue weighted by Gasteiger charge is -2.14. The van der Waals surface area contributed by atoms with Gasteiger partial charge in [-0.3, -0.25) is 0 Å². The molecule has 7 heteroatoms. The van der Waals surface area contributed by atoms with Crippen molar-refractivity contribution in [2.24, 2.45) is 0 Å². The number of benzene rings is 1. The quantitative estimate of drug-likeness (QED) is 0.841. The second-order valence-corrected chi connectivity index (χ2v) is 7.37. The second-order valence-electron chi connectivity index (χ2n) is 5.61. The Morgan fingerprint density at radius 3 is 2.74 bits per heavy atom. The molecule has 0 fully saturated rings. The third kappa shape index (κ3) is 4.11. The first kappa shape index (κ1) is 17.5. The van der Waals surface area contributed by atoms with Gasteiger partial charge in [-0.05, 0) is 32.9 Å². The highest BCUT2D eigenvalue weighted by molar-refractivity contribution is 7.89. The summed E-state index contributed by atoms with van der Waals surface area (Å²) in [5.74, 6) is 1.39. The fourth-order valence-electron chi connectivity index (χ4n) is 2.54. The largest absolute Gasteiger partial charge is 0.497 e. The molecular weight excluding hydrogens is 314 g/mol. The summed E-state index contributed by atoms with van der Waals surface area (Å²) in [6, 6.07) is 6.71. The van der Waals surface area contributed by atoms with Crippen LogP contribution in [0, 0.1) is 6.92 Å². The van der Waals surface area contributed by atoms with Crippen LogP contribution in [-0.4, -0.2) is 31.6 Å². The van der Waals surface area contributed by atoms with E-state index in [0.717, 1.165) is 11.5 Å². The van der Waals surface area contributed by atoms with Crippen molar-refractivity contribution in [3.05, 3.63) is 42.0 Å². The van der Waals surface area contributed by atoms with Gasteiger partial charge in [0.05, 0.1) is 12.0 Å². The van der Waals surface area contributed by atoms with E-state index < -0.39 is 10.0 Å². The highest BCUT2D eigenvalue weighted by Crippen LogP contribution is 2.17. The zero-order valence-electron chi connectivity index (χ0n) is 13.9. The van der Waals surface area contributed by atoms with Crippen LogP contribution in [0.25, 0.3) is 0 Å². The molecule has 1 aromatic carbocycles. The predicted molar refractivity (Wildman–Crippen MR) is 89.2 cm³/mol. The Kier molecular flexibility index (Phi) is 5.43. The van der Waals surface area contributed by atoms with Crippen molar-refractivity contribution < 1.29 is 13.2 Å². The Labute approximate surface area is 137 Å².